The zero-order chi connectivity index (χ0) is 18.7. The summed E-state index contributed by atoms with van der Waals surface area (Å²) in [6, 6.07) is 9.90. The fraction of sp³-hybridized carbons (Fsp3) is 0.600. The van der Waals surface area contributed by atoms with Crippen LogP contribution in [0.1, 0.15) is 52.0 Å². The Labute approximate surface area is 154 Å². The van der Waals surface area contributed by atoms with E-state index in [1.165, 1.54) is 0 Å². The van der Waals surface area contributed by atoms with Crippen molar-refractivity contribution in [1.82, 2.24) is 10.2 Å². The van der Waals surface area contributed by atoms with Gasteiger partial charge in [0.25, 0.3) is 0 Å². The first kappa shape index (κ1) is 18.5. The van der Waals surface area contributed by atoms with Crippen LogP contribution in [0, 0.1) is 0 Å². The van der Waals surface area contributed by atoms with Crippen molar-refractivity contribution in [2.45, 2.75) is 76.8 Å². The minimum absolute atomic E-state index is 0.0365. The van der Waals surface area contributed by atoms with Gasteiger partial charge in [-0.15, -0.1) is 0 Å². The first-order valence-corrected chi connectivity index (χ1v) is 9.30. The molecule has 2 unspecified atom stereocenters. The Bertz CT molecular complexity index is 627. The largest absolute Gasteiger partial charge is 0.445 e. The van der Waals surface area contributed by atoms with Crippen LogP contribution in [0.2, 0.25) is 0 Å². The Morgan fingerprint density at radius 3 is 2.31 bits per heavy atom. The van der Waals surface area contributed by atoms with Gasteiger partial charge in [-0.05, 0) is 52.0 Å². The quantitative estimate of drug-likeness (QED) is 0.889. The highest BCUT2D eigenvalue weighted by molar-refractivity contribution is 5.70. The number of alkyl carbamates (subject to hydrolysis) is 1. The van der Waals surface area contributed by atoms with Crippen LogP contribution in [-0.2, 0) is 16.1 Å². The predicted octanol–water partition coefficient (Wildman–Crippen LogP) is 3.84. The summed E-state index contributed by atoms with van der Waals surface area (Å²) in [4.78, 5) is 26.4. The maximum Gasteiger partial charge on any atom is 0.410 e. The number of ether oxygens (including phenoxy) is 2. The van der Waals surface area contributed by atoms with Crippen molar-refractivity contribution in [2.24, 2.45) is 0 Å². The van der Waals surface area contributed by atoms with Crippen LogP contribution >= 0.6 is 0 Å². The lowest BCUT2D eigenvalue weighted by atomic mass is 9.98. The number of nitrogens with zero attached hydrogens (tertiary/aromatic N) is 1. The van der Waals surface area contributed by atoms with E-state index in [4.69, 9.17) is 9.47 Å². The number of fused-ring (bicyclic) bond motifs is 2. The third kappa shape index (κ3) is 4.68. The first-order valence-electron chi connectivity index (χ1n) is 9.30. The monoisotopic (exact) mass is 360 g/mol. The van der Waals surface area contributed by atoms with E-state index < -0.39 is 11.7 Å². The van der Waals surface area contributed by atoms with Crippen molar-refractivity contribution in [1.29, 1.82) is 0 Å². The molecular formula is C20H28N2O4. The van der Waals surface area contributed by atoms with Crippen molar-refractivity contribution in [3.63, 3.8) is 0 Å². The van der Waals surface area contributed by atoms with E-state index in [1.54, 1.807) is 0 Å². The summed E-state index contributed by atoms with van der Waals surface area (Å²) in [5.74, 6) is 0. The number of carbonyl (C=O) groups excluding carboxylic acids is 2. The lowest BCUT2D eigenvalue weighted by Crippen LogP contribution is -2.53. The molecule has 0 aromatic heterocycles. The van der Waals surface area contributed by atoms with Crippen LogP contribution in [0.3, 0.4) is 0 Å². The molecule has 2 aliphatic rings. The van der Waals surface area contributed by atoms with Gasteiger partial charge in [0.05, 0.1) is 0 Å². The van der Waals surface area contributed by atoms with Crippen molar-refractivity contribution < 1.29 is 19.1 Å². The van der Waals surface area contributed by atoms with Gasteiger partial charge in [-0.2, -0.15) is 0 Å². The zero-order valence-corrected chi connectivity index (χ0v) is 15.7. The lowest BCUT2D eigenvalue weighted by Gasteiger charge is -2.39. The molecule has 0 saturated carbocycles. The van der Waals surface area contributed by atoms with Crippen molar-refractivity contribution in [3.05, 3.63) is 35.9 Å². The molecule has 1 aromatic carbocycles. The van der Waals surface area contributed by atoms with Gasteiger partial charge in [-0.1, -0.05) is 30.3 Å². The van der Waals surface area contributed by atoms with Gasteiger partial charge in [0, 0.05) is 18.1 Å². The fourth-order valence-electron chi connectivity index (χ4n) is 3.84. The third-order valence-electron chi connectivity index (χ3n) is 4.87. The number of nitrogens with one attached hydrogen (secondary N) is 1. The van der Waals surface area contributed by atoms with E-state index in [-0.39, 0.29) is 30.8 Å². The summed E-state index contributed by atoms with van der Waals surface area (Å²) in [6.45, 7) is 5.90. The molecule has 0 aliphatic carbocycles. The molecule has 2 saturated heterocycles. The van der Waals surface area contributed by atoms with E-state index in [0.29, 0.717) is 0 Å². The summed E-state index contributed by atoms with van der Waals surface area (Å²) in [5.41, 5.74) is 0.467. The van der Waals surface area contributed by atoms with Gasteiger partial charge in [0.15, 0.2) is 0 Å². The van der Waals surface area contributed by atoms with Crippen molar-refractivity contribution in [2.75, 3.05) is 0 Å². The summed E-state index contributed by atoms with van der Waals surface area (Å²) in [7, 11) is 0. The highest BCUT2D eigenvalue weighted by atomic mass is 16.6. The summed E-state index contributed by atoms with van der Waals surface area (Å²) in [6.07, 6.45) is 2.77. The van der Waals surface area contributed by atoms with Gasteiger partial charge in [0.2, 0.25) is 0 Å². The van der Waals surface area contributed by atoms with Gasteiger partial charge in [-0.25, -0.2) is 9.59 Å². The number of hydrogen-bond acceptors (Lipinski definition) is 4. The van der Waals surface area contributed by atoms with E-state index >= 15 is 0 Å². The molecule has 0 spiro atoms. The molecule has 2 amide bonds. The Kier molecular flexibility index (Phi) is 5.39. The highest BCUT2D eigenvalue weighted by Gasteiger charge is 2.45. The second-order valence-electron chi connectivity index (χ2n) is 8.15. The summed E-state index contributed by atoms with van der Waals surface area (Å²) >= 11 is 0. The zero-order valence-electron chi connectivity index (χ0n) is 15.7. The molecule has 6 heteroatoms. The van der Waals surface area contributed by atoms with Crippen molar-refractivity contribution in [3.8, 4) is 0 Å². The molecule has 142 valence electrons. The molecule has 2 atom stereocenters. The van der Waals surface area contributed by atoms with E-state index in [1.807, 2.05) is 56.0 Å². The summed E-state index contributed by atoms with van der Waals surface area (Å²) < 4.78 is 10.8. The molecule has 2 aliphatic heterocycles. The Balaban J connectivity index is 1.49. The molecule has 2 bridgehead atoms. The molecule has 1 N–H and O–H groups in total. The molecule has 2 fully saturated rings. The van der Waals surface area contributed by atoms with Gasteiger partial charge < -0.3 is 19.7 Å². The van der Waals surface area contributed by atoms with Gasteiger partial charge in [-0.3, -0.25) is 0 Å². The van der Waals surface area contributed by atoms with Crippen LogP contribution in [0.15, 0.2) is 30.3 Å². The van der Waals surface area contributed by atoms with Crippen LogP contribution in [-0.4, -0.2) is 40.8 Å². The normalized spacial score (nSPS) is 24.9. The molecule has 6 nitrogen and oxygen atoms in total. The Hall–Kier alpha value is -2.24. The molecule has 3 rings (SSSR count). The molecular weight excluding hydrogens is 332 g/mol. The summed E-state index contributed by atoms with van der Waals surface area (Å²) in [5, 5.41) is 2.96. The molecule has 26 heavy (non-hydrogen) atoms. The maximum absolute atomic E-state index is 12.5. The number of piperidine rings is 1. The fourth-order valence-corrected chi connectivity index (χ4v) is 3.84. The third-order valence-corrected chi connectivity index (χ3v) is 4.87. The van der Waals surface area contributed by atoms with Crippen LogP contribution in [0.5, 0.6) is 0 Å². The average molecular weight is 360 g/mol. The minimum Gasteiger partial charge on any atom is -0.445 e. The smallest absolute Gasteiger partial charge is 0.410 e. The van der Waals surface area contributed by atoms with Gasteiger partial charge in [0.1, 0.15) is 12.2 Å². The number of benzene rings is 1. The number of rotatable bonds is 3. The maximum atomic E-state index is 12.5. The topological polar surface area (TPSA) is 67.9 Å². The number of carbonyl (C=O) groups is 2. The second-order valence-corrected chi connectivity index (χ2v) is 8.15. The standard InChI is InChI=1S/C20H28N2O4/c1-20(2,3)26-19(24)22-16-9-10-17(22)12-15(11-16)21-18(23)25-13-14-7-5-4-6-8-14/h4-8,15-17H,9-13H2,1-3H3,(H,21,23). The Morgan fingerprint density at radius 2 is 1.73 bits per heavy atom. The van der Waals surface area contributed by atoms with E-state index in [0.717, 1.165) is 31.2 Å². The lowest BCUT2D eigenvalue weighted by molar-refractivity contribution is 0.00476. The molecule has 0 radical (unpaired) electrons. The van der Waals surface area contributed by atoms with Gasteiger partial charge >= 0.3 is 12.2 Å². The Morgan fingerprint density at radius 1 is 1.12 bits per heavy atom. The SMILES string of the molecule is CC(C)(C)OC(=O)N1C2CCC1CC(NC(=O)OCc1ccccc1)C2. The van der Waals surface area contributed by atoms with Crippen molar-refractivity contribution >= 4 is 12.2 Å². The van der Waals surface area contributed by atoms with Crippen LogP contribution < -0.4 is 5.32 Å². The molecule has 2 heterocycles. The highest BCUT2D eigenvalue weighted by Crippen LogP contribution is 2.36. The van der Waals surface area contributed by atoms with Crippen LogP contribution in [0.25, 0.3) is 0 Å². The minimum atomic E-state index is -0.493. The average Bonchev–Trinajstić information content (AvgIpc) is 2.84. The predicted molar refractivity (Wildman–Crippen MR) is 97.7 cm³/mol. The number of amides is 2. The molecule has 1 aromatic rings. The van der Waals surface area contributed by atoms with Crippen LogP contribution in [0.4, 0.5) is 9.59 Å². The first-order chi connectivity index (χ1) is 12.3. The van der Waals surface area contributed by atoms with E-state index in [9.17, 15) is 9.59 Å². The van der Waals surface area contributed by atoms with E-state index in [2.05, 4.69) is 5.32 Å². The number of hydrogen-bond donors (Lipinski definition) is 1. The second kappa shape index (κ2) is 7.56.